The second-order valence-electron chi connectivity index (χ2n) is 6.62. The van der Waals surface area contributed by atoms with Gasteiger partial charge in [0.25, 0.3) is 0 Å². The first kappa shape index (κ1) is 17.0. The average molecular weight is 357 g/mol. The van der Waals surface area contributed by atoms with E-state index in [4.69, 9.17) is 0 Å². The standard InChI is InChI=1S/C23H20FN3/c1-15-6-3-8-18(12-15)27-22(17-7-5-11-25-13-17)16(2)20-14-26-23-19(20)9-4-10-21(23)24/h3-14,22,26-27H,2H2,1H3. The predicted octanol–water partition coefficient (Wildman–Crippen LogP) is 5.88. The second kappa shape index (κ2) is 7.08. The number of aryl methyl sites for hydroxylation is 1. The molecule has 4 rings (SSSR count). The van der Waals surface area contributed by atoms with Crippen molar-refractivity contribution in [2.75, 3.05) is 5.32 Å². The number of benzene rings is 2. The van der Waals surface area contributed by atoms with Crippen LogP contribution in [0, 0.1) is 12.7 Å². The molecule has 0 saturated carbocycles. The van der Waals surface area contributed by atoms with Crippen molar-refractivity contribution in [3.05, 3.63) is 102 Å². The fraction of sp³-hybridized carbons (Fsp3) is 0.0870. The minimum Gasteiger partial charge on any atom is -0.374 e. The van der Waals surface area contributed by atoms with Gasteiger partial charge in [-0.15, -0.1) is 0 Å². The summed E-state index contributed by atoms with van der Waals surface area (Å²) in [7, 11) is 0. The molecule has 134 valence electrons. The minimum atomic E-state index is -0.267. The molecule has 2 N–H and O–H groups in total. The number of fused-ring (bicyclic) bond motifs is 1. The first-order valence-corrected chi connectivity index (χ1v) is 8.81. The molecule has 2 aromatic heterocycles. The summed E-state index contributed by atoms with van der Waals surface area (Å²) in [6.45, 7) is 6.40. The molecule has 0 aliphatic heterocycles. The van der Waals surface area contributed by atoms with E-state index in [1.807, 2.05) is 42.7 Å². The summed E-state index contributed by atoms with van der Waals surface area (Å²) in [4.78, 5) is 7.29. The summed E-state index contributed by atoms with van der Waals surface area (Å²) in [5.41, 5.74) is 5.39. The van der Waals surface area contributed by atoms with E-state index in [1.165, 1.54) is 11.6 Å². The Balaban J connectivity index is 1.77. The van der Waals surface area contributed by atoms with Crippen molar-refractivity contribution >= 4 is 22.2 Å². The molecular weight excluding hydrogens is 337 g/mol. The third-order valence-corrected chi connectivity index (χ3v) is 4.71. The zero-order valence-electron chi connectivity index (χ0n) is 15.0. The van der Waals surface area contributed by atoms with Gasteiger partial charge >= 0.3 is 0 Å². The highest BCUT2D eigenvalue weighted by Crippen LogP contribution is 2.35. The largest absolute Gasteiger partial charge is 0.374 e. The molecular formula is C23H20FN3. The van der Waals surface area contributed by atoms with E-state index < -0.39 is 0 Å². The molecule has 1 atom stereocenters. The van der Waals surface area contributed by atoms with Crippen molar-refractivity contribution in [1.82, 2.24) is 9.97 Å². The molecule has 0 saturated heterocycles. The van der Waals surface area contributed by atoms with Crippen LogP contribution in [0.5, 0.6) is 0 Å². The van der Waals surface area contributed by atoms with Crippen molar-refractivity contribution in [1.29, 1.82) is 0 Å². The molecule has 0 aliphatic rings. The number of nitrogens with one attached hydrogen (secondary N) is 2. The predicted molar refractivity (Wildman–Crippen MR) is 109 cm³/mol. The van der Waals surface area contributed by atoms with Gasteiger partial charge in [0.05, 0.1) is 11.6 Å². The van der Waals surface area contributed by atoms with Gasteiger partial charge in [-0.05, 0) is 47.9 Å². The zero-order chi connectivity index (χ0) is 18.8. The molecule has 27 heavy (non-hydrogen) atoms. The minimum absolute atomic E-state index is 0.192. The Morgan fingerprint density at radius 2 is 2.00 bits per heavy atom. The maximum atomic E-state index is 14.1. The summed E-state index contributed by atoms with van der Waals surface area (Å²) in [5, 5.41) is 4.38. The number of para-hydroxylation sites is 1. The highest BCUT2D eigenvalue weighted by Gasteiger charge is 2.20. The molecule has 1 unspecified atom stereocenters. The monoisotopic (exact) mass is 357 g/mol. The van der Waals surface area contributed by atoms with E-state index in [0.29, 0.717) is 5.52 Å². The number of rotatable bonds is 5. The fourth-order valence-corrected chi connectivity index (χ4v) is 3.36. The third-order valence-electron chi connectivity index (χ3n) is 4.71. The Labute approximate surface area is 157 Å². The van der Waals surface area contributed by atoms with Crippen molar-refractivity contribution < 1.29 is 4.39 Å². The lowest BCUT2D eigenvalue weighted by molar-refractivity contribution is 0.637. The van der Waals surface area contributed by atoms with Crippen LogP contribution in [-0.2, 0) is 0 Å². The van der Waals surface area contributed by atoms with Crippen LogP contribution in [0.1, 0.15) is 22.7 Å². The van der Waals surface area contributed by atoms with E-state index in [0.717, 1.165) is 27.8 Å². The van der Waals surface area contributed by atoms with Crippen LogP contribution < -0.4 is 5.32 Å². The molecule has 4 heteroatoms. The molecule has 0 bridgehead atoms. The van der Waals surface area contributed by atoms with Gasteiger partial charge in [-0.3, -0.25) is 4.98 Å². The van der Waals surface area contributed by atoms with Crippen LogP contribution >= 0.6 is 0 Å². The lowest BCUT2D eigenvalue weighted by atomic mass is 9.94. The summed E-state index contributed by atoms with van der Waals surface area (Å²) < 4.78 is 14.1. The first-order valence-electron chi connectivity index (χ1n) is 8.81. The van der Waals surface area contributed by atoms with Crippen molar-refractivity contribution in [2.24, 2.45) is 0 Å². The summed E-state index contributed by atoms with van der Waals surface area (Å²) in [5.74, 6) is -0.267. The van der Waals surface area contributed by atoms with Crippen LogP contribution in [0.3, 0.4) is 0 Å². The van der Waals surface area contributed by atoms with Crippen LogP contribution in [0.25, 0.3) is 16.5 Å². The normalized spacial score (nSPS) is 12.1. The highest BCUT2D eigenvalue weighted by molar-refractivity contribution is 5.94. The van der Waals surface area contributed by atoms with Crippen LogP contribution in [0.2, 0.25) is 0 Å². The lowest BCUT2D eigenvalue weighted by Crippen LogP contribution is -2.12. The Hall–Kier alpha value is -3.40. The van der Waals surface area contributed by atoms with Crippen molar-refractivity contribution in [2.45, 2.75) is 13.0 Å². The number of halogens is 1. The Kier molecular flexibility index (Phi) is 4.47. The van der Waals surface area contributed by atoms with E-state index >= 15 is 0 Å². The number of aromatic nitrogens is 2. The van der Waals surface area contributed by atoms with Gasteiger partial charge in [0.1, 0.15) is 5.82 Å². The van der Waals surface area contributed by atoms with Gasteiger partial charge in [-0.25, -0.2) is 4.39 Å². The number of nitrogens with zero attached hydrogens (tertiary/aromatic N) is 1. The summed E-state index contributed by atoms with van der Waals surface area (Å²) >= 11 is 0. The number of hydrogen-bond donors (Lipinski definition) is 2. The topological polar surface area (TPSA) is 40.7 Å². The lowest BCUT2D eigenvalue weighted by Gasteiger charge is -2.23. The van der Waals surface area contributed by atoms with Gasteiger partial charge in [-0.1, -0.05) is 36.9 Å². The van der Waals surface area contributed by atoms with Gasteiger partial charge in [0.15, 0.2) is 0 Å². The number of H-pyrrole nitrogens is 1. The number of hydrogen-bond acceptors (Lipinski definition) is 2. The smallest absolute Gasteiger partial charge is 0.147 e. The maximum absolute atomic E-state index is 14.1. The van der Waals surface area contributed by atoms with Gasteiger partial charge in [-0.2, -0.15) is 0 Å². The Morgan fingerprint density at radius 1 is 1.15 bits per heavy atom. The zero-order valence-corrected chi connectivity index (χ0v) is 15.0. The molecule has 2 aromatic carbocycles. The average Bonchev–Trinajstić information content (AvgIpc) is 3.12. The molecule has 0 amide bonds. The first-order chi connectivity index (χ1) is 13.1. The molecule has 0 aliphatic carbocycles. The Bertz CT molecular complexity index is 1100. The van der Waals surface area contributed by atoms with E-state index in [2.05, 4.69) is 40.9 Å². The van der Waals surface area contributed by atoms with Crippen LogP contribution in [0.4, 0.5) is 10.1 Å². The van der Waals surface area contributed by atoms with Crippen molar-refractivity contribution in [3.8, 4) is 0 Å². The van der Waals surface area contributed by atoms with Gasteiger partial charge < -0.3 is 10.3 Å². The summed E-state index contributed by atoms with van der Waals surface area (Å²) in [6, 6.07) is 17.0. The highest BCUT2D eigenvalue weighted by atomic mass is 19.1. The fourth-order valence-electron chi connectivity index (χ4n) is 3.36. The molecule has 0 fully saturated rings. The van der Waals surface area contributed by atoms with E-state index in [1.54, 1.807) is 12.3 Å². The third kappa shape index (κ3) is 3.34. The van der Waals surface area contributed by atoms with Crippen LogP contribution in [0.15, 0.2) is 79.8 Å². The molecule has 0 spiro atoms. The van der Waals surface area contributed by atoms with Gasteiger partial charge in [0, 0.05) is 35.2 Å². The molecule has 0 radical (unpaired) electrons. The van der Waals surface area contributed by atoms with E-state index in [-0.39, 0.29) is 11.9 Å². The summed E-state index contributed by atoms with van der Waals surface area (Å²) in [6.07, 6.45) is 5.39. The number of pyridine rings is 1. The van der Waals surface area contributed by atoms with Crippen LogP contribution in [-0.4, -0.2) is 9.97 Å². The molecule has 2 heterocycles. The van der Waals surface area contributed by atoms with Gasteiger partial charge in [0.2, 0.25) is 0 Å². The maximum Gasteiger partial charge on any atom is 0.147 e. The van der Waals surface area contributed by atoms with Crippen molar-refractivity contribution in [3.63, 3.8) is 0 Å². The second-order valence-corrected chi connectivity index (χ2v) is 6.62. The van der Waals surface area contributed by atoms with E-state index in [9.17, 15) is 4.39 Å². The number of anilines is 1. The number of aromatic amines is 1. The quantitative estimate of drug-likeness (QED) is 0.468. The molecule has 3 nitrogen and oxygen atoms in total. The Morgan fingerprint density at radius 3 is 2.78 bits per heavy atom. The SMILES string of the molecule is C=C(c1c[nH]c2c(F)cccc12)C(Nc1cccc(C)c1)c1cccnc1. The molecule has 4 aromatic rings.